The maximum Gasteiger partial charge on any atom is 0.405 e. The van der Waals surface area contributed by atoms with Gasteiger partial charge in [0.2, 0.25) is 0 Å². The van der Waals surface area contributed by atoms with Gasteiger partial charge < -0.3 is 9.88 Å². The number of nitriles is 1. The van der Waals surface area contributed by atoms with Gasteiger partial charge in [0.05, 0.1) is 6.07 Å². The van der Waals surface area contributed by atoms with Crippen molar-refractivity contribution in [1.29, 1.82) is 5.26 Å². The van der Waals surface area contributed by atoms with Gasteiger partial charge in [-0.15, -0.1) is 10.2 Å². The van der Waals surface area contributed by atoms with Crippen molar-refractivity contribution in [2.24, 2.45) is 13.0 Å². The summed E-state index contributed by atoms with van der Waals surface area (Å²) in [4.78, 5) is 0. The number of hydrogen-bond acceptors (Lipinski definition) is 4. The highest BCUT2D eigenvalue weighted by Gasteiger charge is 2.39. The lowest BCUT2D eigenvalue weighted by Gasteiger charge is -2.13. The van der Waals surface area contributed by atoms with Crippen LogP contribution in [0, 0.1) is 17.2 Å². The molecule has 1 heterocycles. The molecule has 0 aliphatic rings. The Morgan fingerprint density at radius 2 is 2.29 bits per heavy atom. The Morgan fingerprint density at radius 3 is 2.76 bits per heavy atom. The summed E-state index contributed by atoms with van der Waals surface area (Å²) >= 11 is 0. The van der Waals surface area contributed by atoms with Crippen molar-refractivity contribution in [2.75, 3.05) is 13.1 Å². The number of aryl methyl sites for hydroxylation is 1. The first kappa shape index (κ1) is 13.4. The molecule has 1 unspecified atom stereocenters. The molecule has 0 fully saturated rings. The number of aromatic nitrogens is 3. The van der Waals surface area contributed by atoms with Crippen LogP contribution in [0.1, 0.15) is 5.82 Å². The van der Waals surface area contributed by atoms with E-state index in [2.05, 4.69) is 15.5 Å². The lowest BCUT2D eigenvalue weighted by Crippen LogP contribution is -2.33. The minimum Gasteiger partial charge on any atom is -0.321 e. The van der Waals surface area contributed by atoms with E-state index < -0.39 is 18.6 Å². The van der Waals surface area contributed by atoms with Crippen LogP contribution in [0.2, 0.25) is 0 Å². The van der Waals surface area contributed by atoms with Crippen LogP contribution in [0.5, 0.6) is 0 Å². The summed E-state index contributed by atoms with van der Waals surface area (Å²) in [5, 5.41) is 18.4. The third kappa shape index (κ3) is 4.03. The zero-order chi connectivity index (χ0) is 12.9. The van der Waals surface area contributed by atoms with Gasteiger partial charge >= 0.3 is 6.18 Å². The Hall–Kier alpha value is -1.62. The van der Waals surface area contributed by atoms with Gasteiger partial charge in [-0.25, -0.2) is 0 Å². The molecule has 1 aromatic heterocycles. The smallest absolute Gasteiger partial charge is 0.321 e. The second-order valence-electron chi connectivity index (χ2n) is 3.54. The van der Waals surface area contributed by atoms with E-state index in [1.54, 1.807) is 11.6 Å². The molecule has 1 aromatic rings. The van der Waals surface area contributed by atoms with Gasteiger partial charge in [-0.1, -0.05) is 0 Å². The average Bonchev–Trinajstić information content (AvgIpc) is 2.62. The molecular weight excluding hydrogens is 235 g/mol. The van der Waals surface area contributed by atoms with Crippen LogP contribution in [0.25, 0.3) is 0 Å². The first-order valence-corrected chi connectivity index (χ1v) is 4.95. The van der Waals surface area contributed by atoms with Crippen LogP contribution >= 0.6 is 0 Å². The molecule has 0 saturated heterocycles. The number of hydrogen-bond donors (Lipinski definition) is 1. The van der Waals surface area contributed by atoms with Gasteiger partial charge in [0.1, 0.15) is 12.2 Å². The Bertz CT molecular complexity index is 392. The summed E-state index contributed by atoms with van der Waals surface area (Å²) in [6, 6.07) is 1.23. The van der Waals surface area contributed by atoms with Crippen molar-refractivity contribution >= 4 is 0 Å². The van der Waals surface area contributed by atoms with Gasteiger partial charge in [-0.05, 0) is 0 Å². The molecule has 94 valence electrons. The summed E-state index contributed by atoms with van der Waals surface area (Å²) in [5.41, 5.74) is 0. The normalized spacial score (nSPS) is 13.4. The molecule has 0 bridgehead atoms. The predicted molar refractivity (Wildman–Crippen MR) is 52.7 cm³/mol. The van der Waals surface area contributed by atoms with Gasteiger partial charge in [0, 0.05) is 26.6 Å². The van der Waals surface area contributed by atoms with Gasteiger partial charge in [0.15, 0.2) is 5.92 Å². The number of alkyl halides is 3. The van der Waals surface area contributed by atoms with Crippen LogP contribution in [-0.2, 0) is 13.5 Å². The van der Waals surface area contributed by atoms with Crippen molar-refractivity contribution in [3.63, 3.8) is 0 Å². The van der Waals surface area contributed by atoms with Gasteiger partial charge in [0.25, 0.3) is 0 Å². The molecule has 0 saturated carbocycles. The Labute approximate surface area is 96.3 Å². The summed E-state index contributed by atoms with van der Waals surface area (Å²) in [6.45, 7) is -0.0847. The number of halogens is 3. The maximum absolute atomic E-state index is 12.2. The lowest BCUT2D eigenvalue weighted by molar-refractivity contribution is -0.157. The van der Waals surface area contributed by atoms with Crippen molar-refractivity contribution in [2.45, 2.75) is 12.6 Å². The maximum atomic E-state index is 12.2. The molecule has 0 spiro atoms. The Kier molecular flexibility index (Phi) is 4.45. The fraction of sp³-hybridized carbons (Fsp3) is 0.667. The molecule has 0 amide bonds. The second kappa shape index (κ2) is 5.63. The summed E-state index contributed by atoms with van der Waals surface area (Å²) in [6.07, 6.45) is -2.50. The molecule has 1 N–H and O–H groups in total. The van der Waals surface area contributed by atoms with Crippen LogP contribution in [0.3, 0.4) is 0 Å². The van der Waals surface area contributed by atoms with Crippen molar-refractivity contribution < 1.29 is 13.2 Å². The fourth-order valence-electron chi connectivity index (χ4n) is 1.21. The van der Waals surface area contributed by atoms with E-state index in [9.17, 15) is 13.2 Å². The highest BCUT2D eigenvalue weighted by atomic mass is 19.4. The first-order chi connectivity index (χ1) is 7.95. The summed E-state index contributed by atoms with van der Waals surface area (Å²) in [7, 11) is 1.75. The fourth-order valence-corrected chi connectivity index (χ4v) is 1.21. The standard InChI is InChI=1S/C9H12F3N5/c1-17-6-15-16-8(17)2-3-14-5-7(4-13)9(10,11)12/h6-7,14H,2-3,5H2,1H3. The van der Waals surface area contributed by atoms with Crippen LogP contribution in [0.15, 0.2) is 6.33 Å². The van der Waals surface area contributed by atoms with E-state index in [0.717, 1.165) is 0 Å². The molecule has 0 aliphatic heterocycles. The third-order valence-corrected chi connectivity index (χ3v) is 2.23. The third-order valence-electron chi connectivity index (χ3n) is 2.23. The quantitative estimate of drug-likeness (QED) is 0.776. The molecule has 1 atom stereocenters. The van der Waals surface area contributed by atoms with Gasteiger partial charge in [-0.3, -0.25) is 0 Å². The minimum absolute atomic E-state index is 0.320. The molecule has 0 aliphatic carbocycles. The van der Waals surface area contributed by atoms with Crippen LogP contribution < -0.4 is 5.32 Å². The van der Waals surface area contributed by atoms with E-state index >= 15 is 0 Å². The van der Waals surface area contributed by atoms with E-state index in [-0.39, 0.29) is 0 Å². The van der Waals surface area contributed by atoms with E-state index in [4.69, 9.17) is 5.26 Å². The van der Waals surface area contributed by atoms with E-state index in [0.29, 0.717) is 18.8 Å². The van der Waals surface area contributed by atoms with Crippen molar-refractivity contribution in [3.05, 3.63) is 12.2 Å². The zero-order valence-corrected chi connectivity index (χ0v) is 9.20. The van der Waals surface area contributed by atoms with E-state index in [1.807, 2.05) is 0 Å². The van der Waals surface area contributed by atoms with Crippen LogP contribution in [-0.4, -0.2) is 34.0 Å². The average molecular weight is 247 g/mol. The largest absolute Gasteiger partial charge is 0.405 e. The van der Waals surface area contributed by atoms with Crippen molar-refractivity contribution in [1.82, 2.24) is 20.1 Å². The minimum atomic E-state index is -4.48. The summed E-state index contributed by atoms with van der Waals surface area (Å²) in [5.74, 6) is -1.29. The molecule has 8 heteroatoms. The van der Waals surface area contributed by atoms with Crippen molar-refractivity contribution in [3.8, 4) is 6.07 Å². The highest BCUT2D eigenvalue weighted by molar-refractivity contribution is 4.90. The number of rotatable bonds is 5. The van der Waals surface area contributed by atoms with Crippen LogP contribution in [0.4, 0.5) is 13.2 Å². The van der Waals surface area contributed by atoms with E-state index in [1.165, 1.54) is 12.4 Å². The van der Waals surface area contributed by atoms with Gasteiger partial charge in [-0.2, -0.15) is 18.4 Å². The molecule has 0 radical (unpaired) electrons. The molecule has 0 aromatic carbocycles. The number of nitrogens with one attached hydrogen (secondary N) is 1. The zero-order valence-electron chi connectivity index (χ0n) is 9.20. The lowest BCUT2D eigenvalue weighted by atomic mass is 10.1. The topological polar surface area (TPSA) is 66.5 Å². The molecule has 17 heavy (non-hydrogen) atoms. The molecule has 5 nitrogen and oxygen atoms in total. The summed E-state index contributed by atoms with van der Waals surface area (Å²) < 4.78 is 38.3. The number of nitrogens with zero attached hydrogens (tertiary/aromatic N) is 4. The first-order valence-electron chi connectivity index (χ1n) is 4.95. The molecular formula is C9H12F3N5. The SMILES string of the molecule is Cn1cnnc1CCNCC(C#N)C(F)(F)F. The Morgan fingerprint density at radius 1 is 1.59 bits per heavy atom. The second-order valence-corrected chi connectivity index (χ2v) is 3.54. The predicted octanol–water partition coefficient (Wildman–Crippen LogP) is 0.649. The monoisotopic (exact) mass is 247 g/mol. The highest BCUT2D eigenvalue weighted by Crippen LogP contribution is 2.24. The molecule has 1 rings (SSSR count). The Balaban J connectivity index is 2.29.